The molecular formula is C16H23NOS. The standard InChI is InChI=1S/C16H23NOS/c1-12-3-4-13(2)15(9-12)17-14-5-7-18-16(10-14)6-8-19-11-16/h3-4,9,14,17H,5-8,10-11H2,1-2H3. The highest BCUT2D eigenvalue weighted by molar-refractivity contribution is 7.99. The molecule has 0 aromatic heterocycles. The van der Waals surface area contributed by atoms with Gasteiger partial charge in [0, 0.05) is 24.1 Å². The number of thioether (sulfide) groups is 1. The summed E-state index contributed by atoms with van der Waals surface area (Å²) in [5, 5.41) is 3.75. The molecule has 0 saturated carbocycles. The summed E-state index contributed by atoms with van der Waals surface area (Å²) in [6.45, 7) is 5.25. The molecular weight excluding hydrogens is 254 g/mol. The van der Waals surface area contributed by atoms with E-state index < -0.39 is 0 Å². The van der Waals surface area contributed by atoms with Crippen molar-refractivity contribution in [3.05, 3.63) is 29.3 Å². The van der Waals surface area contributed by atoms with Gasteiger partial charge in [-0.3, -0.25) is 0 Å². The summed E-state index contributed by atoms with van der Waals surface area (Å²) in [6.07, 6.45) is 3.51. The molecule has 0 radical (unpaired) electrons. The summed E-state index contributed by atoms with van der Waals surface area (Å²) in [4.78, 5) is 0. The quantitative estimate of drug-likeness (QED) is 0.889. The Morgan fingerprint density at radius 2 is 2.26 bits per heavy atom. The highest BCUT2D eigenvalue weighted by Crippen LogP contribution is 2.39. The Morgan fingerprint density at radius 3 is 3.05 bits per heavy atom. The lowest BCUT2D eigenvalue weighted by atomic mass is 9.89. The normalized spacial score (nSPS) is 30.7. The van der Waals surface area contributed by atoms with E-state index >= 15 is 0 Å². The minimum atomic E-state index is 0.165. The molecule has 1 N–H and O–H groups in total. The summed E-state index contributed by atoms with van der Waals surface area (Å²) >= 11 is 2.04. The van der Waals surface area contributed by atoms with Gasteiger partial charge in [-0.2, -0.15) is 11.8 Å². The first kappa shape index (κ1) is 13.3. The third-order valence-corrected chi connectivity index (χ3v) is 5.54. The van der Waals surface area contributed by atoms with E-state index in [0.717, 1.165) is 19.4 Å². The van der Waals surface area contributed by atoms with Crippen LogP contribution in [0.5, 0.6) is 0 Å². The van der Waals surface area contributed by atoms with Crippen LogP contribution in [-0.2, 0) is 4.74 Å². The van der Waals surface area contributed by atoms with Gasteiger partial charge in [0.2, 0.25) is 0 Å². The fourth-order valence-corrected chi connectivity index (χ4v) is 4.50. The van der Waals surface area contributed by atoms with E-state index in [1.807, 2.05) is 11.8 Å². The number of rotatable bonds is 2. The number of hydrogen-bond donors (Lipinski definition) is 1. The first-order valence-electron chi connectivity index (χ1n) is 7.22. The molecule has 19 heavy (non-hydrogen) atoms. The van der Waals surface area contributed by atoms with Gasteiger partial charge in [0.15, 0.2) is 0 Å². The molecule has 2 saturated heterocycles. The van der Waals surface area contributed by atoms with Crippen molar-refractivity contribution >= 4 is 17.4 Å². The maximum Gasteiger partial charge on any atom is 0.0799 e. The van der Waals surface area contributed by atoms with Gasteiger partial charge in [0.1, 0.15) is 0 Å². The maximum atomic E-state index is 6.09. The second kappa shape index (κ2) is 5.37. The number of hydrogen-bond acceptors (Lipinski definition) is 3. The van der Waals surface area contributed by atoms with Crippen molar-refractivity contribution in [1.29, 1.82) is 0 Å². The van der Waals surface area contributed by atoms with E-state index in [9.17, 15) is 0 Å². The van der Waals surface area contributed by atoms with Crippen LogP contribution in [0, 0.1) is 13.8 Å². The molecule has 2 heterocycles. The largest absolute Gasteiger partial charge is 0.382 e. The molecule has 104 valence electrons. The highest BCUT2D eigenvalue weighted by Gasteiger charge is 2.40. The van der Waals surface area contributed by atoms with Crippen molar-refractivity contribution in [2.45, 2.75) is 44.8 Å². The van der Waals surface area contributed by atoms with Crippen LogP contribution in [0.4, 0.5) is 5.69 Å². The Bertz CT molecular complexity index is 454. The van der Waals surface area contributed by atoms with Crippen LogP contribution < -0.4 is 5.32 Å². The molecule has 2 atom stereocenters. The molecule has 3 rings (SSSR count). The van der Waals surface area contributed by atoms with Crippen molar-refractivity contribution in [2.75, 3.05) is 23.4 Å². The third-order valence-electron chi connectivity index (χ3n) is 4.31. The van der Waals surface area contributed by atoms with Crippen molar-refractivity contribution in [1.82, 2.24) is 0 Å². The average molecular weight is 277 g/mol. The van der Waals surface area contributed by atoms with Gasteiger partial charge in [-0.05, 0) is 56.1 Å². The lowest BCUT2D eigenvalue weighted by Crippen LogP contribution is -2.44. The predicted molar refractivity (Wildman–Crippen MR) is 83.2 cm³/mol. The van der Waals surface area contributed by atoms with E-state index in [4.69, 9.17) is 4.74 Å². The average Bonchev–Trinajstić information content (AvgIpc) is 2.82. The van der Waals surface area contributed by atoms with Crippen molar-refractivity contribution < 1.29 is 4.74 Å². The minimum absolute atomic E-state index is 0.165. The molecule has 0 amide bonds. The molecule has 1 aromatic carbocycles. The summed E-state index contributed by atoms with van der Waals surface area (Å²) in [5.41, 5.74) is 4.13. The molecule has 1 spiro atoms. The molecule has 0 bridgehead atoms. The monoisotopic (exact) mass is 277 g/mol. The van der Waals surface area contributed by atoms with Crippen LogP contribution >= 0.6 is 11.8 Å². The first-order chi connectivity index (χ1) is 9.17. The smallest absolute Gasteiger partial charge is 0.0799 e. The predicted octanol–water partition coefficient (Wildman–Crippen LogP) is 3.77. The second-order valence-electron chi connectivity index (χ2n) is 5.99. The topological polar surface area (TPSA) is 21.3 Å². The van der Waals surface area contributed by atoms with Crippen LogP contribution in [-0.4, -0.2) is 29.8 Å². The van der Waals surface area contributed by atoms with E-state index in [1.54, 1.807) is 0 Å². The molecule has 2 aliphatic rings. The Hall–Kier alpha value is -0.670. The van der Waals surface area contributed by atoms with Gasteiger partial charge in [-0.25, -0.2) is 0 Å². The zero-order chi connectivity index (χ0) is 13.3. The van der Waals surface area contributed by atoms with E-state index in [-0.39, 0.29) is 5.60 Å². The van der Waals surface area contributed by atoms with Crippen LogP contribution in [0.15, 0.2) is 18.2 Å². The van der Waals surface area contributed by atoms with Crippen LogP contribution in [0.2, 0.25) is 0 Å². The van der Waals surface area contributed by atoms with E-state index in [1.165, 1.54) is 34.7 Å². The number of anilines is 1. The number of benzene rings is 1. The minimum Gasteiger partial charge on any atom is -0.382 e. The summed E-state index contributed by atoms with van der Waals surface area (Å²) in [7, 11) is 0. The molecule has 3 heteroatoms. The van der Waals surface area contributed by atoms with E-state index in [2.05, 4.69) is 37.4 Å². The van der Waals surface area contributed by atoms with Gasteiger partial charge < -0.3 is 10.1 Å². The zero-order valence-electron chi connectivity index (χ0n) is 11.9. The van der Waals surface area contributed by atoms with Crippen molar-refractivity contribution in [3.8, 4) is 0 Å². The molecule has 2 fully saturated rings. The maximum absolute atomic E-state index is 6.09. The zero-order valence-corrected chi connectivity index (χ0v) is 12.7. The van der Waals surface area contributed by atoms with Crippen molar-refractivity contribution in [2.24, 2.45) is 0 Å². The fraction of sp³-hybridized carbons (Fsp3) is 0.625. The Labute approximate surface area is 120 Å². The highest BCUT2D eigenvalue weighted by atomic mass is 32.2. The number of nitrogens with one attached hydrogen (secondary N) is 1. The molecule has 1 aromatic rings. The van der Waals surface area contributed by atoms with Crippen molar-refractivity contribution in [3.63, 3.8) is 0 Å². The Morgan fingerprint density at radius 1 is 1.37 bits per heavy atom. The van der Waals surface area contributed by atoms with Crippen LogP contribution in [0.3, 0.4) is 0 Å². The Balaban J connectivity index is 1.70. The lowest BCUT2D eigenvalue weighted by Gasteiger charge is -2.38. The molecule has 2 nitrogen and oxygen atoms in total. The van der Waals surface area contributed by atoms with Gasteiger partial charge in [-0.15, -0.1) is 0 Å². The summed E-state index contributed by atoms with van der Waals surface area (Å²) < 4.78 is 6.09. The van der Waals surface area contributed by atoms with Gasteiger partial charge in [0.05, 0.1) is 5.60 Å². The number of ether oxygens (including phenoxy) is 1. The van der Waals surface area contributed by atoms with Gasteiger partial charge in [-0.1, -0.05) is 12.1 Å². The van der Waals surface area contributed by atoms with Gasteiger partial charge in [0.25, 0.3) is 0 Å². The van der Waals surface area contributed by atoms with Gasteiger partial charge >= 0.3 is 0 Å². The summed E-state index contributed by atoms with van der Waals surface area (Å²) in [5.74, 6) is 2.44. The first-order valence-corrected chi connectivity index (χ1v) is 8.38. The molecule has 2 unspecified atom stereocenters. The lowest BCUT2D eigenvalue weighted by molar-refractivity contribution is -0.0628. The van der Waals surface area contributed by atoms with E-state index in [0.29, 0.717) is 6.04 Å². The van der Waals surface area contributed by atoms with Crippen LogP contribution in [0.1, 0.15) is 30.4 Å². The fourth-order valence-electron chi connectivity index (χ4n) is 3.13. The molecule has 2 aliphatic heterocycles. The second-order valence-corrected chi connectivity index (χ2v) is 7.09. The third kappa shape index (κ3) is 2.92. The SMILES string of the molecule is Cc1ccc(C)c(NC2CCOC3(CCSC3)C2)c1. The summed E-state index contributed by atoms with van der Waals surface area (Å²) in [6, 6.07) is 7.21. The van der Waals surface area contributed by atoms with Crippen LogP contribution in [0.25, 0.3) is 0 Å². The Kier molecular flexibility index (Phi) is 3.77. The number of aryl methyl sites for hydroxylation is 2. The molecule has 0 aliphatic carbocycles.